The van der Waals surface area contributed by atoms with Crippen molar-refractivity contribution >= 4 is 5.97 Å². The van der Waals surface area contributed by atoms with Crippen LogP contribution in [0.2, 0.25) is 0 Å². The van der Waals surface area contributed by atoms with Crippen LogP contribution >= 0.6 is 0 Å². The lowest BCUT2D eigenvalue weighted by molar-refractivity contribution is -0.148. The largest absolute Gasteiger partial charge is 0.462 e. The predicted octanol–water partition coefficient (Wildman–Crippen LogP) is 1.61. The van der Waals surface area contributed by atoms with Crippen LogP contribution in [-0.4, -0.2) is 24.7 Å². The smallest absolute Gasteiger partial charge is 0.307 e. The van der Waals surface area contributed by atoms with Crippen molar-refractivity contribution in [3.8, 4) is 0 Å². The van der Waals surface area contributed by atoms with Gasteiger partial charge in [-0.1, -0.05) is 0 Å². The normalized spacial score (nSPS) is 22.6. The molecule has 2 rings (SSSR count). The van der Waals surface area contributed by atoms with Crippen LogP contribution in [0.25, 0.3) is 0 Å². The van der Waals surface area contributed by atoms with E-state index in [-0.39, 0.29) is 12.1 Å². The van der Waals surface area contributed by atoms with Gasteiger partial charge in [0.2, 0.25) is 0 Å². The van der Waals surface area contributed by atoms with Crippen molar-refractivity contribution in [1.29, 1.82) is 0 Å². The van der Waals surface area contributed by atoms with Crippen LogP contribution in [0.1, 0.15) is 44.9 Å². The second-order valence-corrected chi connectivity index (χ2v) is 4.37. The van der Waals surface area contributed by atoms with Crippen LogP contribution in [0.5, 0.6) is 0 Å². The molecule has 0 saturated heterocycles. The Morgan fingerprint density at radius 2 is 1.93 bits per heavy atom. The van der Waals surface area contributed by atoms with Crippen LogP contribution in [0.3, 0.4) is 0 Å². The van der Waals surface area contributed by atoms with Gasteiger partial charge in [0.25, 0.3) is 0 Å². The Labute approximate surface area is 85.2 Å². The third-order valence-electron chi connectivity index (χ3n) is 2.94. The summed E-state index contributed by atoms with van der Waals surface area (Å²) in [6.07, 6.45) is 7.89. The topological polar surface area (TPSA) is 38.3 Å². The van der Waals surface area contributed by atoms with E-state index in [1.54, 1.807) is 0 Å². The molecule has 0 aliphatic heterocycles. The zero-order valence-electron chi connectivity index (χ0n) is 8.63. The first-order chi connectivity index (χ1) is 6.84. The van der Waals surface area contributed by atoms with Gasteiger partial charge in [-0.15, -0.1) is 0 Å². The molecule has 0 radical (unpaired) electrons. The molecule has 2 fully saturated rings. The molecule has 0 bridgehead atoms. The highest BCUT2D eigenvalue weighted by Crippen LogP contribution is 2.21. The molecule has 0 aromatic carbocycles. The summed E-state index contributed by atoms with van der Waals surface area (Å²) in [7, 11) is 0. The molecule has 3 heteroatoms. The summed E-state index contributed by atoms with van der Waals surface area (Å²) in [5.74, 6) is -0.0231. The Hall–Kier alpha value is -0.570. The number of hydrogen-bond acceptors (Lipinski definition) is 3. The second-order valence-electron chi connectivity index (χ2n) is 4.37. The molecule has 2 saturated carbocycles. The third kappa shape index (κ3) is 3.29. The molecule has 0 aromatic rings. The van der Waals surface area contributed by atoms with Crippen LogP contribution in [0, 0.1) is 0 Å². The van der Waals surface area contributed by atoms with Gasteiger partial charge in [0.1, 0.15) is 6.10 Å². The van der Waals surface area contributed by atoms with Crippen molar-refractivity contribution in [3.05, 3.63) is 0 Å². The minimum atomic E-state index is -0.0231. The molecular formula is C11H19NO2. The number of nitrogens with one attached hydrogen (secondary N) is 1. The van der Waals surface area contributed by atoms with Gasteiger partial charge in [0.15, 0.2) is 0 Å². The minimum absolute atomic E-state index is 0.0231. The molecule has 0 heterocycles. The van der Waals surface area contributed by atoms with E-state index in [1.165, 1.54) is 25.7 Å². The molecule has 0 amide bonds. The summed E-state index contributed by atoms with van der Waals surface area (Å²) < 4.78 is 5.33. The van der Waals surface area contributed by atoms with Crippen LogP contribution in [0.4, 0.5) is 0 Å². The van der Waals surface area contributed by atoms with E-state index in [0.717, 1.165) is 19.4 Å². The molecule has 2 aliphatic carbocycles. The SMILES string of the molecule is O=C(CCNC1CC1)OC1CCCC1. The Morgan fingerprint density at radius 1 is 1.21 bits per heavy atom. The Kier molecular flexibility index (Phi) is 3.40. The number of hydrogen-bond donors (Lipinski definition) is 1. The lowest BCUT2D eigenvalue weighted by atomic mass is 10.3. The van der Waals surface area contributed by atoms with E-state index in [0.29, 0.717) is 12.5 Å². The Balaban J connectivity index is 1.53. The maximum atomic E-state index is 11.3. The van der Waals surface area contributed by atoms with Gasteiger partial charge in [-0.05, 0) is 38.5 Å². The summed E-state index contributed by atoms with van der Waals surface area (Å²) in [4.78, 5) is 11.3. The van der Waals surface area contributed by atoms with E-state index in [9.17, 15) is 4.79 Å². The number of carbonyl (C=O) groups is 1. The molecule has 1 N–H and O–H groups in total. The summed E-state index contributed by atoms with van der Waals surface area (Å²) in [6, 6.07) is 0.689. The first-order valence-electron chi connectivity index (χ1n) is 5.77. The first-order valence-corrected chi connectivity index (χ1v) is 5.77. The van der Waals surface area contributed by atoms with Gasteiger partial charge < -0.3 is 10.1 Å². The summed E-state index contributed by atoms with van der Waals surface area (Å²) >= 11 is 0. The van der Waals surface area contributed by atoms with Crippen molar-refractivity contribution in [2.45, 2.75) is 57.1 Å². The minimum Gasteiger partial charge on any atom is -0.462 e. The predicted molar refractivity (Wildman–Crippen MR) is 54.0 cm³/mol. The van der Waals surface area contributed by atoms with E-state index >= 15 is 0 Å². The van der Waals surface area contributed by atoms with Crippen molar-refractivity contribution in [3.63, 3.8) is 0 Å². The molecule has 0 atom stereocenters. The Morgan fingerprint density at radius 3 is 2.57 bits per heavy atom. The monoisotopic (exact) mass is 197 g/mol. The molecule has 0 spiro atoms. The van der Waals surface area contributed by atoms with Gasteiger partial charge in [0.05, 0.1) is 6.42 Å². The standard InChI is InChI=1S/C11H19NO2/c13-11(7-8-12-9-5-6-9)14-10-3-1-2-4-10/h9-10,12H,1-8H2. The molecule has 2 aliphatic rings. The van der Waals surface area contributed by atoms with Crippen LogP contribution in [-0.2, 0) is 9.53 Å². The maximum absolute atomic E-state index is 11.3. The molecule has 3 nitrogen and oxygen atoms in total. The fourth-order valence-electron chi connectivity index (χ4n) is 1.92. The summed E-state index contributed by atoms with van der Waals surface area (Å²) in [6.45, 7) is 0.788. The maximum Gasteiger partial charge on any atom is 0.307 e. The van der Waals surface area contributed by atoms with Gasteiger partial charge >= 0.3 is 5.97 Å². The lowest BCUT2D eigenvalue weighted by Gasteiger charge is -2.11. The quantitative estimate of drug-likeness (QED) is 0.680. The van der Waals surface area contributed by atoms with Gasteiger partial charge in [-0.3, -0.25) is 4.79 Å². The number of esters is 1. The van der Waals surface area contributed by atoms with Crippen molar-refractivity contribution < 1.29 is 9.53 Å². The van der Waals surface area contributed by atoms with Gasteiger partial charge in [-0.2, -0.15) is 0 Å². The average Bonchev–Trinajstić information content (AvgIpc) is 2.83. The van der Waals surface area contributed by atoms with Crippen LogP contribution < -0.4 is 5.32 Å². The highest BCUT2D eigenvalue weighted by atomic mass is 16.5. The van der Waals surface area contributed by atoms with E-state index < -0.39 is 0 Å². The van der Waals surface area contributed by atoms with Crippen molar-refractivity contribution in [2.75, 3.05) is 6.54 Å². The van der Waals surface area contributed by atoms with Gasteiger partial charge in [0, 0.05) is 12.6 Å². The zero-order chi connectivity index (χ0) is 9.80. The molecule has 80 valence electrons. The number of rotatable bonds is 5. The lowest BCUT2D eigenvalue weighted by Crippen LogP contribution is -2.23. The van der Waals surface area contributed by atoms with Crippen molar-refractivity contribution in [1.82, 2.24) is 5.32 Å². The highest BCUT2D eigenvalue weighted by Gasteiger charge is 2.21. The van der Waals surface area contributed by atoms with E-state index in [2.05, 4.69) is 5.32 Å². The zero-order valence-corrected chi connectivity index (χ0v) is 8.63. The van der Waals surface area contributed by atoms with Gasteiger partial charge in [-0.25, -0.2) is 0 Å². The molecule has 14 heavy (non-hydrogen) atoms. The first kappa shape index (κ1) is 9.97. The third-order valence-corrected chi connectivity index (χ3v) is 2.94. The van der Waals surface area contributed by atoms with E-state index in [4.69, 9.17) is 4.74 Å². The molecular weight excluding hydrogens is 178 g/mol. The highest BCUT2D eigenvalue weighted by molar-refractivity contribution is 5.69. The van der Waals surface area contributed by atoms with Crippen LogP contribution in [0.15, 0.2) is 0 Å². The average molecular weight is 197 g/mol. The van der Waals surface area contributed by atoms with E-state index in [1.807, 2.05) is 0 Å². The fourth-order valence-corrected chi connectivity index (χ4v) is 1.92. The molecule has 0 aromatic heterocycles. The van der Waals surface area contributed by atoms with Crippen molar-refractivity contribution in [2.24, 2.45) is 0 Å². The fraction of sp³-hybridized carbons (Fsp3) is 0.909. The number of ether oxygens (including phenoxy) is 1. The number of carbonyl (C=O) groups excluding carboxylic acids is 1. The Bertz CT molecular complexity index is 195. The summed E-state index contributed by atoms with van der Waals surface area (Å²) in [5.41, 5.74) is 0. The summed E-state index contributed by atoms with van der Waals surface area (Å²) in [5, 5.41) is 3.31. The second kappa shape index (κ2) is 4.78. The molecule has 0 unspecified atom stereocenters.